The minimum Gasteiger partial charge on any atom is -0.395 e. The summed E-state index contributed by atoms with van der Waals surface area (Å²) in [6.07, 6.45) is 1.83. The SMILES string of the molecule is CC(C)(C)[C@@H](CCCOCl)CC(=O)OC=O. The van der Waals surface area contributed by atoms with Crippen molar-refractivity contribution in [3.05, 3.63) is 0 Å². The lowest BCUT2D eigenvalue weighted by molar-refractivity contribution is -0.152. The Morgan fingerprint density at radius 3 is 2.50 bits per heavy atom. The summed E-state index contributed by atoms with van der Waals surface area (Å²) in [5.74, 6) is -0.339. The van der Waals surface area contributed by atoms with Crippen molar-refractivity contribution >= 4 is 24.3 Å². The number of ether oxygens (including phenoxy) is 1. The maximum absolute atomic E-state index is 11.2. The average molecular weight is 251 g/mol. The van der Waals surface area contributed by atoms with Crippen LogP contribution in [0.3, 0.4) is 0 Å². The molecule has 0 saturated heterocycles. The normalized spacial score (nSPS) is 13.2. The smallest absolute Gasteiger partial charge is 0.313 e. The molecule has 0 saturated carbocycles. The maximum atomic E-state index is 11.2. The molecule has 0 radical (unpaired) electrons. The first kappa shape index (κ1) is 15.4. The van der Waals surface area contributed by atoms with Crippen LogP contribution < -0.4 is 0 Å². The first-order chi connectivity index (χ1) is 7.41. The Kier molecular flexibility index (Phi) is 7.34. The lowest BCUT2D eigenvalue weighted by atomic mass is 9.76. The number of carbonyl (C=O) groups excluding carboxylic acids is 2. The van der Waals surface area contributed by atoms with Gasteiger partial charge in [0.1, 0.15) is 0 Å². The fourth-order valence-corrected chi connectivity index (χ4v) is 1.64. The van der Waals surface area contributed by atoms with E-state index in [1.165, 1.54) is 0 Å². The molecule has 0 spiro atoms. The fourth-order valence-electron chi connectivity index (χ4n) is 1.53. The number of hydrogen-bond acceptors (Lipinski definition) is 4. The van der Waals surface area contributed by atoms with Crippen molar-refractivity contribution in [3.8, 4) is 0 Å². The van der Waals surface area contributed by atoms with Gasteiger partial charge in [0.05, 0.1) is 18.5 Å². The molecule has 0 aromatic rings. The Hall–Kier alpha value is -0.610. The maximum Gasteiger partial charge on any atom is 0.313 e. The van der Waals surface area contributed by atoms with Crippen molar-refractivity contribution in [2.24, 2.45) is 11.3 Å². The molecular weight excluding hydrogens is 232 g/mol. The first-order valence-corrected chi connectivity index (χ1v) is 5.59. The van der Waals surface area contributed by atoms with E-state index in [9.17, 15) is 9.59 Å². The zero-order valence-corrected chi connectivity index (χ0v) is 10.8. The van der Waals surface area contributed by atoms with Gasteiger partial charge in [0, 0.05) is 6.42 Å². The van der Waals surface area contributed by atoms with E-state index in [4.69, 9.17) is 11.9 Å². The van der Waals surface area contributed by atoms with Crippen LogP contribution in [0.25, 0.3) is 0 Å². The molecule has 0 unspecified atom stereocenters. The Bertz CT molecular complexity index is 223. The molecule has 0 rings (SSSR count). The summed E-state index contributed by atoms with van der Waals surface area (Å²) in [6.45, 7) is 6.77. The average Bonchev–Trinajstić information content (AvgIpc) is 2.15. The Balaban J connectivity index is 4.21. The molecule has 0 aliphatic rings. The second kappa shape index (κ2) is 7.63. The number of rotatable bonds is 7. The lowest BCUT2D eigenvalue weighted by Crippen LogP contribution is -2.24. The number of halogens is 1. The van der Waals surface area contributed by atoms with E-state index >= 15 is 0 Å². The summed E-state index contributed by atoms with van der Waals surface area (Å²) in [5, 5.41) is 0. The van der Waals surface area contributed by atoms with Gasteiger partial charge in [-0.25, -0.2) is 0 Å². The van der Waals surface area contributed by atoms with E-state index in [0.29, 0.717) is 6.61 Å². The van der Waals surface area contributed by atoms with E-state index in [1.54, 1.807) is 0 Å². The summed E-state index contributed by atoms with van der Waals surface area (Å²) >= 11 is 5.12. The minimum absolute atomic E-state index is 0.0196. The zero-order valence-electron chi connectivity index (χ0n) is 9.99. The summed E-state index contributed by atoms with van der Waals surface area (Å²) in [7, 11) is 0. The summed E-state index contributed by atoms with van der Waals surface area (Å²) in [5.41, 5.74) is -0.0196. The molecule has 0 amide bonds. The molecule has 0 aliphatic heterocycles. The van der Waals surface area contributed by atoms with E-state index < -0.39 is 5.97 Å². The van der Waals surface area contributed by atoms with E-state index in [0.717, 1.165) is 12.8 Å². The standard InChI is InChI=1S/C11H19ClO4/c1-11(2,3)9(5-4-6-16-12)7-10(14)15-8-13/h8-9H,4-7H2,1-3H3/t9-/m0/s1. The van der Waals surface area contributed by atoms with Crippen LogP contribution in [0.1, 0.15) is 40.0 Å². The molecule has 0 aliphatic carbocycles. The lowest BCUT2D eigenvalue weighted by Gasteiger charge is -2.29. The van der Waals surface area contributed by atoms with Crippen LogP contribution in [0.2, 0.25) is 0 Å². The van der Waals surface area contributed by atoms with Gasteiger partial charge in [-0.1, -0.05) is 20.8 Å². The van der Waals surface area contributed by atoms with Gasteiger partial charge in [-0.3, -0.25) is 13.9 Å². The van der Waals surface area contributed by atoms with Crippen LogP contribution in [-0.4, -0.2) is 19.0 Å². The molecule has 94 valence electrons. The van der Waals surface area contributed by atoms with Crippen LogP contribution in [0.4, 0.5) is 0 Å². The van der Waals surface area contributed by atoms with Crippen LogP contribution in [-0.2, 0) is 18.6 Å². The van der Waals surface area contributed by atoms with Gasteiger partial charge in [-0.15, -0.1) is 0 Å². The molecular formula is C11H19ClO4. The van der Waals surface area contributed by atoms with Crippen molar-refractivity contribution in [3.63, 3.8) is 0 Å². The van der Waals surface area contributed by atoms with Gasteiger partial charge >= 0.3 is 12.4 Å². The third-order valence-corrected chi connectivity index (χ3v) is 2.75. The van der Waals surface area contributed by atoms with Gasteiger partial charge in [0.15, 0.2) is 0 Å². The highest BCUT2D eigenvalue weighted by Gasteiger charge is 2.27. The molecule has 16 heavy (non-hydrogen) atoms. The van der Waals surface area contributed by atoms with Crippen molar-refractivity contribution in [2.45, 2.75) is 40.0 Å². The van der Waals surface area contributed by atoms with Gasteiger partial charge in [-0.05, 0) is 24.2 Å². The zero-order chi connectivity index (χ0) is 12.6. The Morgan fingerprint density at radius 2 is 2.06 bits per heavy atom. The minimum atomic E-state index is -0.485. The van der Waals surface area contributed by atoms with E-state index in [2.05, 4.69) is 9.03 Å². The molecule has 4 nitrogen and oxygen atoms in total. The number of hydrogen-bond donors (Lipinski definition) is 0. The predicted molar refractivity (Wildman–Crippen MR) is 60.8 cm³/mol. The molecule has 0 fully saturated rings. The fraction of sp³-hybridized carbons (Fsp3) is 0.818. The highest BCUT2D eigenvalue weighted by molar-refractivity contribution is 6.07. The second-order valence-corrected chi connectivity index (χ2v) is 5.03. The first-order valence-electron chi connectivity index (χ1n) is 5.28. The summed E-state index contributed by atoms with van der Waals surface area (Å²) in [6, 6.07) is 0. The van der Waals surface area contributed by atoms with Crippen LogP contribution in [0.5, 0.6) is 0 Å². The molecule has 0 aromatic heterocycles. The summed E-state index contributed by atoms with van der Waals surface area (Å²) in [4.78, 5) is 21.2. The largest absolute Gasteiger partial charge is 0.395 e. The van der Waals surface area contributed by atoms with E-state index in [-0.39, 0.29) is 24.2 Å². The van der Waals surface area contributed by atoms with Gasteiger partial charge in [-0.2, -0.15) is 0 Å². The van der Waals surface area contributed by atoms with Crippen molar-refractivity contribution in [1.82, 2.24) is 0 Å². The molecule has 0 aromatic carbocycles. The van der Waals surface area contributed by atoms with Crippen molar-refractivity contribution in [1.29, 1.82) is 0 Å². The van der Waals surface area contributed by atoms with Crippen molar-refractivity contribution < 1.29 is 18.6 Å². The highest BCUT2D eigenvalue weighted by atomic mass is 35.5. The van der Waals surface area contributed by atoms with Crippen LogP contribution >= 0.6 is 11.9 Å². The van der Waals surface area contributed by atoms with Gasteiger partial charge < -0.3 is 4.74 Å². The monoisotopic (exact) mass is 250 g/mol. The van der Waals surface area contributed by atoms with Crippen LogP contribution in [0, 0.1) is 11.3 Å². The Labute approximate surface area is 101 Å². The van der Waals surface area contributed by atoms with Gasteiger partial charge in [0.2, 0.25) is 0 Å². The number of carbonyl (C=O) groups is 2. The van der Waals surface area contributed by atoms with Gasteiger partial charge in [0.25, 0.3) is 0 Å². The quantitative estimate of drug-likeness (QED) is 0.302. The highest BCUT2D eigenvalue weighted by Crippen LogP contribution is 2.32. The van der Waals surface area contributed by atoms with Crippen LogP contribution in [0.15, 0.2) is 0 Å². The molecule has 0 heterocycles. The predicted octanol–water partition coefficient (Wildman–Crippen LogP) is 2.69. The second-order valence-electron chi connectivity index (χ2n) is 4.81. The molecule has 1 atom stereocenters. The molecule has 5 heteroatoms. The van der Waals surface area contributed by atoms with Crippen molar-refractivity contribution in [2.75, 3.05) is 6.61 Å². The number of esters is 1. The molecule has 0 N–H and O–H groups in total. The third-order valence-electron chi connectivity index (χ3n) is 2.59. The Morgan fingerprint density at radius 1 is 1.44 bits per heavy atom. The third kappa shape index (κ3) is 6.80. The summed E-state index contributed by atoms with van der Waals surface area (Å²) < 4.78 is 8.75. The van der Waals surface area contributed by atoms with E-state index in [1.807, 2.05) is 20.8 Å². The topological polar surface area (TPSA) is 52.6 Å². The molecule has 0 bridgehead atoms.